The van der Waals surface area contributed by atoms with Crippen LogP contribution in [0.25, 0.3) is 0 Å². The summed E-state index contributed by atoms with van der Waals surface area (Å²) in [4.78, 5) is 0. The Labute approximate surface area is 244 Å². The van der Waals surface area contributed by atoms with Gasteiger partial charge in [0.25, 0.3) is 0 Å². The highest BCUT2D eigenvalue weighted by Crippen LogP contribution is 2.14. The molecule has 2 atom stereocenters. The van der Waals surface area contributed by atoms with E-state index in [1.165, 1.54) is 141 Å². The summed E-state index contributed by atoms with van der Waals surface area (Å²) in [5, 5.41) is 17.2. The highest BCUT2D eigenvalue weighted by atomic mass is 16.6. The Morgan fingerprint density at radius 2 is 0.667 bits per heavy atom. The van der Waals surface area contributed by atoms with Crippen molar-refractivity contribution in [1.82, 2.24) is 0 Å². The maximum absolute atomic E-state index is 8.61. The molecule has 5 nitrogen and oxygen atoms in total. The van der Waals surface area contributed by atoms with Gasteiger partial charge in [-0.15, -0.1) is 0 Å². The normalized spacial score (nSPS) is 17.2. The Kier molecular flexibility index (Phi) is 33.8. The Morgan fingerprint density at radius 3 is 0.872 bits per heavy atom. The van der Waals surface area contributed by atoms with E-state index in [1.807, 2.05) is 0 Å². The lowest BCUT2D eigenvalue weighted by atomic mass is 10.1. The molecule has 2 aliphatic rings. The third kappa shape index (κ3) is 37.8. The van der Waals surface area contributed by atoms with Gasteiger partial charge < -0.3 is 24.4 Å². The summed E-state index contributed by atoms with van der Waals surface area (Å²) in [6.45, 7) is 8.55. The van der Waals surface area contributed by atoms with Gasteiger partial charge in [-0.2, -0.15) is 0 Å². The third-order valence-corrected chi connectivity index (χ3v) is 7.44. The maximum Gasteiger partial charge on any atom is 0.104 e. The van der Waals surface area contributed by atoms with E-state index in [-0.39, 0.29) is 0 Å². The minimum atomic E-state index is 0.372. The van der Waals surface area contributed by atoms with Crippen molar-refractivity contribution in [2.24, 2.45) is 0 Å². The van der Waals surface area contributed by atoms with Gasteiger partial charge in [0.1, 0.15) is 12.2 Å². The summed E-state index contributed by atoms with van der Waals surface area (Å²) in [7, 11) is 0. The molecule has 2 rings (SSSR count). The van der Waals surface area contributed by atoms with Gasteiger partial charge in [-0.05, 0) is 12.8 Å². The number of ether oxygens (including phenoxy) is 3. The molecule has 0 aromatic rings. The molecule has 0 bridgehead atoms. The molecule has 0 radical (unpaired) electrons. The van der Waals surface area contributed by atoms with Crippen LogP contribution in [0.3, 0.4) is 0 Å². The third-order valence-electron chi connectivity index (χ3n) is 7.44. The predicted octanol–water partition coefficient (Wildman–Crippen LogP) is 9.16. The fourth-order valence-corrected chi connectivity index (χ4v) is 4.57. The molecule has 0 spiro atoms. The Balaban J connectivity index is 0.000000570. The average Bonchev–Trinajstić information content (AvgIpc) is 3.88. The number of rotatable bonds is 28. The van der Waals surface area contributed by atoms with E-state index in [9.17, 15) is 0 Å². The van der Waals surface area contributed by atoms with Crippen molar-refractivity contribution in [3.8, 4) is 0 Å². The highest BCUT2D eigenvalue weighted by molar-refractivity contribution is 4.71. The van der Waals surface area contributed by atoms with E-state index in [4.69, 9.17) is 24.4 Å². The van der Waals surface area contributed by atoms with E-state index in [0.717, 1.165) is 39.3 Å². The largest absolute Gasteiger partial charge is 0.396 e. The van der Waals surface area contributed by atoms with Crippen LogP contribution in [0.2, 0.25) is 0 Å². The molecule has 236 valence electrons. The van der Waals surface area contributed by atoms with Gasteiger partial charge in [0, 0.05) is 13.2 Å². The monoisotopic (exact) mass is 559 g/mol. The second-order valence-corrected chi connectivity index (χ2v) is 11.7. The van der Waals surface area contributed by atoms with Gasteiger partial charge >= 0.3 is 0 Å². The Bertz CT molecular complexity index is 364. The molecule has 2 saturated heterocycles. The highest BCUT2D eigenvalue weighted by Gasteiger charge is 2.26. The van der Waals surface area contributed by atoms with Crippen LogP contribution in [0.5, 0.6) is 0 Å². The molecule has 0 aromatic heterocycles. The minimum absolute atomic E-state index is 0.372. The van der Waals surface area contributed by atoms with Crippen molar-refractivity contribution >= 4 is 0 Å². The number of hydrogen-bond donors (Lipinski definition) is 2. The second-order valence-electron chi connectivity index (χ2n) is 11.7. The predicted molar refractivity (Wildman–Crippen MR) is 167 cm³/mol. The first-order chi connectivity index (χ1) is 19.3. The van der Waals surface area contributed by atoms with Crippen LogP contribution >= 0.6 is 0 Å². The molecule has 0 aliphatic carbocycles. The summed E-state index contributed by atoms with van der Waals surface area (Å²) in [6, 6.07) is 0. The summed E-state index contributed by atoms with van der Waals surface area (Å²) < 4.78 is 15.1. The van der Waals surface area contributed by atoms with E-state index in [2.05, 4.69) is 13.8 Å². The lowest BCUT2D eigenvalue weighted by Gasteiger charge is -2.01. The van der Waals surface area contributed by atoms with E-state index < -0.39 is 0 Å². The van der Waals surface area contributed by atoms with Crippen molar-refractivity contribution in [2.75, 3.05) is 39.6 Å². The van der Waals surface area contributed by atoms with Crippen LogP contribution in [-0.2, 0) is 14.2 Å². The van der Waals surface area contributed by atoms with Crippen molar-refractivity contribution in [3.63, 3.8) is 0 Å². The summed E-state index contributed by atoms with van der Waals surface area (Å²) in [6.07, 6.45) is 33.3. The maximum atomic E-state index is 8.61. The van der Waals surface area contributed by atoms with E-state index in [0.29, 0.717) is 25.4 Å². The van der Waals surface area contributed by atoms with Crippen molar-refractivity contribution in [1.29, 1.82) is 0 Å². The molecule has 0 amide bonds. The zero-order valence-corrected chi connectivity index (χ0v) is 26.5. The molecule has 0 aromatic carbocycles. The molecule has 2 fully saturated rings. The molecular weight excluding hydrogens is 488 g/mol. The van der Waals surface area contributed by atoms with E-state index >= 15 is 0 Å². The smallest absolute Gasteiger partial charge is 0.104 e. The molecular formula is C34H70O5. The van der Waals surface area contributed by atoms with Gasteiger partial charge in [0.2, 0.25) is 0 Å². The van der Waals surface area contributed by atoms with Gasteiger partial charge in [0.05, 0.1) is 26.4 Å². The van der Waals surface area contributed by atoms with Gasteiger partial charge in [-0.1, -0.05) is 155 Å². The fraction of sp³-hybridized carbons (Fsp3) is 1.00. The van der Waals surface area contributed by atoms with Crippen LogP contribution in [-0.4, -0.2) is 62.1 Å². The molecule has 39 heavy (non-hydrogen) atoms. The lowest BCUT2D eigenvalue weighted by molar-refractivity contribution is 0.102. The van der Waals surface area contributed by atoms with Crippen LogP contribution in [0.15, 0.2) is 0 Å². The van der Waals surface area contributed by atoms with E-state index in [1.54, 1.807) is 0 Å². The van der Waals surface area contributed by atoms with Crippen molar-refractivity contribution < 1.29 is 24.4 Å². The quantitative estimate of drug-likeness (QED) is 0.0739. The van der Waals surface area contributed by atoms with Crippen molar-refractivity contribution in [2.45, 2.75) is 180 Å². The van der Waals surface area contributed by atoms with Crippen molar-refractivity contribution in [3.05, 3.63) is 0 Å². The van der Waals surface area contributed by atoms with Gasteiger partial charge in [-0.3, -0.25) is 0 Å². The molecule has 2 N–H and O–H groups in total. The topological polar surface area (TPSA) is 74.8 Å². The standard InChI is InChI=1S/2C14H30O.C6H10O3/c2*1-2-3-4-5-6-7-8-9-10-11-12-13-14-15;1(5-3-8-5)7-2-6-4-9-6/h2*15H,2-14H2,1H3;5-6H,1-4H2. The summed E-state index contributed by atoms with van der Waals surface area (Å²) >= 11 is 0. The summed E-state index contributed by atoms with van der Waals surface area (Å²) in [5.74, 6) is 0. The van der Waals surface area contributed by atoms with Gasteiger partial charge in [0.15, 0.2) is 0 Å². The molecule has 2 unspecified atom stereocenters. The first-order valence-corrected chi connectivity index (χ1v) is 17.3. The molecule has 2 heterocycles. The second kappa shape index (κ2) is 34.0. The zero-order valence-electron chi connectivity index (χ0n) is 26.5. The Hall–Kier alpha value is -0.200. The first-order valence-electron chi connectivity index (χ1n) is 17.3. The van der Waals surface area contributed by atoms with Crippen LogP contribution in [0.4, 0.5) is 0 Å². The first kappa shape index (κ1) is 38.8. The van der Waals surface area contributed by atoms with Crippen LogP contribution in [0, 0.1) is 0 Å². The number of hydrogen-bond acceptors (Lipinski definition) is 5. The lowest BCUT2D eigenvalue weighted by Crippen LogP contribution is -2.06. The van der Waals surface area contributed by atoms with Gasteiger partial charge in [-0.25, -0.2) is 0 Å². The molecule has 5 heteroatoms. The zero-order chi connectivity index (χ0) is 28.5. The van der Waals surface area contributed by atoms with Crippen LogP contribution < -0.4 is 0 Å². The number of aliphatic hydroxyl groups excluding tert-OH is 2. The average molecular weight is 559 g/mol. The minimum Gasteiger partial charge on any atom is -0.396 e. The SMILES string of the molecule is C(OCC1CO1)C1CO1.CCCCCCCCCCCCCCO.CCCCCCCCCCCCCCO. The number of epoxide rings is 2. The molecule has 0 saturated carbocycles. The number of aliphatic hydroxyl groups is 2. The Morgan fingerprint density at radius 1 is 0.436 bits per heavy atom. The summed E-state index contributed by atoms with van der Waals surface area (Å²) in [5.41, 5.74) is 0. The van der Waals surface area contributed by atoms with Crippen LogP contribution in [0.1, 0.15) is 168 Å². The molecule has 2 aliphatic heterocycles. The number of unbranched alkanes of at least 4 members (excludes halogenated alkanes) is 22. The fourth-order valence-electron chi connectivity index (χ4n) is 4.57.